The van der Waals surface area contributed by atoms with E-state index in [1.54, 1.807) is 0 Å². The number of nitrogens with zero attached hydrogens (tertiary/aromatic N) is 1. The Hall–Kier alpha value is -2.82. The van der Waals surface area contributed by atoms with Crippen molar-refractivity contribution in [2.24, 2.45) is 11.8 Å². The lowest BCUT2D eigenvalue weighted by atomic mass is 9.77. The van der Waals surface area contributed by atoms with Crippen LogP contribution in [0.25, 0.3) is 10.9 Å². The summed E-state index contributed by atoms with van der Waals surface area (Å²) in [6.07, 6.45) is 6.58. The van der Waals surface area contributed by atoms with Crippen LogP contribution in [0.1, 0.15) is 23.7 Å². The number of fused-ring (bicyclic) bond motifs is 5. The molecule has 0 saturated heterocycles. The largest absolute Gasteiger partial charge is 0.515 e. The van der Waals surface area contributed by atoms with Gasteiger partial charge in [0.15, 0.2) is 6.04 Å². The van der Waals surface area contributed by atoms with Crippen molar-refractivity contribution in [3.63, 3.8) is 0 Å². The number of aliphatic hydroxyl groups is 1. The minimum Gasteiger partial charge on any atom is -0.515 e. The molecule has 0 spiro atoms. The van der Waals surface area contributed by atoms with Crippen LogP contribution in [0.5, 0.6) is 0 Å². The molecule has 3 unspecified atom stereocenters. The summed E-state index contributed by atoms with van der Waals surface area (Å²) in [5.41, 5.74) is 4.02. The standard InChI is InChI=1S/C21H22N2O3/c1-3-13-11-23-9-8-15-14-6-4-5-7-18(14)22-20(15)19(23)10-16(13)17(12-24)21(25)26-2/h3-7,11-13,16,19,22H,1,8-10H2,2H3/p+1. The van der Waals surface area contributed by atoms with Gasteiger partial charge in [-0.15, -0.1) is 6.58 Å². The van der Waals surface area contributed by atoms with Gasteiger partial charge in [-0.25, -0.2) is 9.37 Å². The van der Waals surface area contributed by atoms with Gasteiger partial charge in [-0.05, 0) is 11.6 Å². The molecule has 4 rings (SSSR count). The van der Waals surface area contributed by atoms with E-state index < -0.39 is 5.97 Å². The molecule has 1 aromatic heterocycles. The first-order chi connectivity index (χ1) is 12.7. The van der Waals surface area contributed by atoms with Crippen LogP contribution in [-0.2, 0) is 16.0 Å². The van der Waals surface area contributed by atoms with Gasteiger partial charge < -0.3 is 14.8 Å². The summed E-state index contributed by atoms with van der Waals surface area (Å²) in [4.78, 5) is 15.7. The number of aliphatic hydroxyl groups excluding tert-OH is 1. The molecule has 0 fully saturated rings. The molecule has 0 radical (unpaired) electrons. The van der Waals surface area contributed by atoms with Gasteiger partial charge in [0.25, 0.3) is 0 Å². The monoisotopic (exact) mass is 351 g/mol. The number of ether oxygens (including phenoxy) is 1. The molecule has 2 aromatic rings. The van der Waals surface area contributed by atoms with Crippen molar-refractivity contribution in [2.45, 2.75) is 18.9 Å². The number of H-pyrrole nitrogens is 1. The highest BCUT2D eigenvalue weighted by Crippen LogP contribution is 2.41. The van der Waals surface area contributed by atoms with Crippen LogP contribution in [0.3, 0.4) is 0 Å². The number of methoxy groups -OCH3 is 1. The van der Waals surface area contributed by atoms with E-state index in [0.717, 1.165) is 24.7 Å². The Labute approximate surface area is 152 Å². The molecular formula is C21H23N2O3+. The Balaban J connectivity index is 1.79. The van der Waals surface area contributed by atoms with Gasteiger partial charge in [-0.3, -0.25) is 0 Å². The molecule has 5 heteroatoms. The van der Waals surface area contributed by atoms with Crippen molar-refractivity contribution in [1.82, 2.24) is 4.98 Å². The van der Waals surface area contributed by atoms with E-state index in [9.17, 15) is 9.90 Å². The fraction of sp³-hybridized carbons (Fsp3) is 0.333. The van der Waals surface area contributed by atoms with Crippen molar-refractivity contribution < 1.29 is 19.2 Å². The van der Waals surface area contributed by atoms with Crippen LogP contribution in [0.2, 0.25) is 0 Å². The summed E-state index contributed by atoms with van der Waals surface area (Å²) in [5, 5.41) is 10.9. The molecule has 0 aliphatic carbocycles. The molecule has 3 atom stereocenters. The molecule has 0 saturated carbocycles. The summed E-state index contributed by atoms with van der Waals surface area (Å²) < 4.78 is 7.21. The quantitative estimate of drug-likeness (QED) is 0.293. The average molecular weight is 351 g/mol. The van der Waals surface area contributed by atoms with Crippen LogP contribution in [0.4, 0.5) is 0 Å². The number of rotatable bonds is 3. The maximum Gasteiger partial charge on any atom is 0.337 e. The molecule has 2 aliphatic rings. The van der Waals surface area contributed by atoms with Crippen LogP contribution in [0.15, 0.2) is 48.8 Å². The lowest BCUT2D eigenvalue weighted by Crippen LogP contribution is -2.39. The third-order valence-corrected chi connectivity index (χ3v) is 5.74. The van der Waals surface area contributed by atoms with Crippen LogP contribution in [0, 0.1) is 11.8 Å². The van der Waals surface area contributed by atoms with Crippen LogP contribution >= 0.6 is 0 Å². The summed E-state index contributed by atoms with van der Waals surface area (Å²) in [5.74, 6) is -0.669. The first-order valence-electron chi connectivity index (χ1n) is 8.93. The molecule has 5 nitrogen and oxygen atoms in total. The number of hydrogen-bond donors (Lipinski definition) is 2. The van der Waals surface area contributed by atoms with E-state index in [1.165, 1.54) is 23.8 Å². The topological polar surface area (TPSA) is 65.3 Å². The second kappa shape index (κ2) is 6.48. The van der Waals surface area contributed by atoms with Crippen molar-refractivity contribution in [3.05, 3.63) is 60.0 Å². The minimum atomic E-state index is -0.487. The average Bonchev–Trinajstić information content (AvgIpc) is 3.07. The zero-order valence-electron chi connectivity index (χ0n) is 14.8. The third-order valence-electron chi connectivity index (χ3n) is 5.74. The number of aromatic amines is 1. The highest BCUT2D eigenvalue weighted by Gasteiger charge is 2.43. The fourth-order valence-corrected chi connectivity index (χ4v) is 4.47. The number of esters is 1. The van der Waals surface area contributed by atoms with Crippen LogP contribution in [-0.4, -0.2) is 40.5 Å². The van der Waals surface area contributed by atoms with E-state index in [1.807, 2.05) is 12.1 Å². The molecule has 2 N–H and O–H groups in total. The summed E-state index contributed by atoms with van der Waals surface area (Å²) in [6.45, 7) is 4.86. The lowest BCUT2D eigenvalue weighted by Gasteiger charge is -2.32. The van der Waals surface area contributed by atoms with E-state index in [4.69, 9.17) is 4.74 Å². The lowest BCUT2D eigenvalue weighted by molar-refractivity contribution is -0.581. The molecule has 0 amide bonds. The Morgan fingerprint density at radius 3 is 2.96 bits per heavy atom. The molecule has 1 aromatic carbocycles. The van der Waals surface area contributed by atoms with Gasteiger partial charge in [0.1, 0.15) is 12.8 Å². The first-order valence-corrected chi connectivity index (χ1v) is 8.93. The van der Waals surface area contributed by atoms with Gasteiger partial charge >= 0.3 is 5.97 Å². The second-order valence-corrected chi connectivity index (χ2v) is 6.95. The zero-order valence-corrected chi connectivity index (χ0v) is 14.8. The van der Waals surface area contributed by atoms with Crippen molar-refractivity contribution in [1.29, 1.82) is 0 Å². The number of nitrogens with one attached hydrogen (secondary N) is 1. The molecular weight excluding hydrogens is 328 g/mol. The first kappa shape index (κ1) is 16.6. The zero-order chi connectivity index (χ0) is 18.3. The van der Waals surface area contributed by atoms with Crippen molar-refractivity contribution >= 4 is 23.1 Å². The maximum absolute atomic E-state index is 12.1. The van der Waals surface area contributed by atoms with Gasteiger partial charge in [0, 0.05) is 29.7 Å². The number of hydrogen-bond acceptors (Lipinski definition) is 3. The minimum absolute atomic E-state index is 0.0188. The Morgan fingerprint density at radius 1 is 1.42 bits per heavy atom. The van der Waals surface area contributed by atoms with E-state index in [-0.39, 0.29) is 17.9 Å². The van der Waals surface area contributed by atoms with Crippen molar-refractivity contribution in [2.75, 3.05) is 13.7 Å². The Bertz CT molecular complexity index is 938. The number of aromatic nitrogens is 1. The van der Waals surface area contributed by atoms with E-state index >= 15 is 0 Å². The normalized spacial score (nSPS) is 25.2. The Kier molecular flexibility index (Phi) is 4.15. The molecule has 26 heavy (non-hydrogen) atoms. The predicted molar refractivity (Wildman–Crippen MR) is 100 cm³/mol. The van der Waals surface area contributed by atoms with E-state index in [0.29, 0.717) is 12.0 Å². The number of para-hydroxylation sites is 1. The molecule has 3 heterocycles. The second-order valence-electron chi connectivity index (χ2n) is 6.95. The Morgan fingerprint density at radius 2 is 2.23 bits per heavy atom. The van der Waals surface area contributed by atoms with Crippen molar-refractivity contribution in [3.8, 4) is 0 Å². The predicted octanol–water partition coefficient (Wildman–Crippen LogP) is 3.29. The third kappa shape index (κ3) is 2.46. The van der Waals surface area contributed by atoms with Gasteiger partial charge in [0.2, 0.25) is 0 Å². The smallest absolute Gasteiger partial charge is 0.337 e. The maximum atomic E-state index is 12.1. The molecule has 2 aliphatic heterocycles. The summed E-state index contributed by atoms with van der Waals surface area (Å²) in [7, 11) is 1.34. The van der Waals surface area contributed by atoms with Crippen LogP contribution < -0.4 is 0 Å². The van der Waals surface area contributed by atoms with E-state index in [2.05, 4.69) is 40.6 Å². The van der Waals surface area contributed by atoms with Gasteiger partial charge in [-0.2, -0.15) is 0 Å². The summed E-state index contributed by atoms with van der Waals surface area (Å²) >= 11 is 0. The van der Waals surface area contributed by atoms with Gasteiger partial charge in [0.05, 0.1) is 30.6 Å². The summed E-state index contributed by atoms with van der Waals surface area (Å²) in [6, 6.07) is 8.50. The SMILES string of the molecule is C=CC1C=[N+]2CCc3c([nH]c4ccccc34)C2CC1/C(=C\O)C(=O)OC. The number of carbonyl (C=O) groups is 1. The van der Waals surface area contributed by atoms with Gasteiger partial charge in [-0.1, -0.05) is 24.3 Å². The number of carbonyl (C=O) groups excluding carboxylic acids is 1. The fourth-order valence-electron chi connectivity index (χ4n) is 4.47. The number of allylic oxidation sites excluding steroid dienone is 1. The molecule has 134 valence electrons. The highest BCUT2D eigenvalue weighted by atomic mass is 16.5. The molecule has 0 bridgehead atoms. The number of benzene rings is 1. The highest BCUT2D eigenvalue weighted by molar-refractivity contribution is 5.89.